The number of ether oxygens (including phenoxy) is 2. The Morgan fingerprint density at radius 3 is 2.94 bits per heavy atom. The van der Waals surface area contributed by atoms with E-state index in [9.17, 15) is 4.39 Å². The van der Waals surface area contributed by atoms with Gasteiger partial charge in [-0.25, -0.2) is 4.39 Å². The van der Waals surface area contributed by atoms with Crippen LogP contribution < -0.4 is 5.32 Å². The van der Waals surface area contributed by atoms with Gasteiger partial charge in [-0.05, 0) is 12.0 Å². The van der Waals surface area contributed by atoms with Crippen LogP contribution in [0.4, 0.5) is 4.39 Å². The molecule has 0 aliphatic carbocycles. The minimum absolute atomic E-state index is 0. The van der Waals surface area contributed by atoms with Crippen molar-refractivity contribution in [1.82, 2.24) is 5.32 Å². The highest BCUT2D eigenvalue weighted by atomic mass is 19.1. The number of hydrogen-bond acceptors (Lipinski definition) is 3. The predicted molar refractivity (Wildman–Crippen MR) is 68.4 cm³/mol. The molecule has 4 heteroatoms. The lowest BCUT2D eigenvalue weighted by Gasteiger charge is -2.24. The van der Waals surface area contributed by atoms with Crippen molar-refractivity contribution in [2.75, 3.05) is 26.4 Å². The van der Waals surface area contributed by atoms with Crippen LogP contribution in [0, 0.1) is 0 Å². The second-order valence-electron chi connectivity index (χ2n) is 3.95. The van der Waals surface area contributed by atoms with Gasteiger partial charge in [-0.1, -0.05) is 20.1 Å². The highest BCUT2D eigenvalue weighted by Crippen LogP contribution is 2.16. The van der Waals surface area contributed by atoms with Crippen molar-refractivity contribution in [2.45, 2.75) is 19.4 Å². The Morgan fingerprint density at radius 1 is 1.65 bits per heavy atom. The van der Waals surface area contributed by atoms with Gasteiger partial charge in [0.15, 0.2) is 0 Å². The number of morpholine rings is 1. The Bertz CT molecular complexity index is 312. The zero-order valence-corrected chi connectivity index (χ0v) is 10.3. The zero-order valence-electron chi connectivity index (χ0n) is 10.3. The van der Waals surface area contributed by atoms with E-state index in [1.54, 1.807) is 0 Å². The number of rotatable bonds is 6. The van der Waals surface area contributed by atoms with Crippen molar-refractivity contribution in [2.24, 2.45) is 0 Å². The molecule has 0 aromatic heterocycles. The summed E-state index contributed by atoms with van der Waals surface area (Å²) in [6, 6.07) is 0.143. The van der Waals surface area contributed by atoms with E-state index in [1.807, 2.05) is 6.92 Å². The van der Waals surface area contributed by atoms with E-state index in [0.717, 1.165) is 18.7 Å². The average Bonchev–Trinajstić information content (AvgIpc) is 2.34. The molecule has 0 amide bonds. The van der Waals surface area contributed by atoms with E-state index in [-0.39, 0.29) is 7.47 Å². The van der Waals surface area contributed by atoms with Crippen molar-refractivity contribution in [3.63, 3.8) is 0 Å². The Balaban J connectivity index is 0.00000289. The molecule has 1 aliphatic rings. The molecule has 0 bridgehead atoms. The summed E-state index contributed by atoms with van der Waals surface area (Å²) in [5.74, 6) is -0.0603. The molecule has 98 valence electrons. The molecule has 17 heavy (non-hydrogen) atoms. The van der Waals surface area contributed by atoms with Crippen molar-refractivity contribution in [1.29, 1.82) is 0 Å². The van der Waals surface area contributed by atoms with Gasteiger partial charge in [0.05, 0.1) is 19.3 Å². The summed E-state index contributed by atoms with van der Waals surface area (Å²) < 4.78 is 23.7. The van der Waals surface area contributed by atoms with Gasteiger partial charge >= 0.3 is 0 Å². The molecule has 1 rings (SSSR count). The van der Waals surface area contributed by atoms with Crippen LogP contribution >= 0.6 is 0 Å². The van der Waals surface area contributed by atoms with Crippen LogP contribution in [-0.2, 0) is 9.47 Å². The Hall–Kier alpha value is -1.13. The first-order valence-corrected chi connectivity index (χ1v) is 5.81. The van der Waals surface area contributed by atoms with Crippen molar-refractivity contribution in [3.05, 3.63) is 36.4 Å². The minimum Gasteiger partial charge on any atom is -0.492 e. The van der Waals surface area contributed by atoms with Gasteiger partial charge in [-0.3, -0.25) is 0 Å². The molecule has 1 aliphatic heterocycles. The molecular formula is C13H22FNO2. The van der Waals surface area contributed by atoms with Crippen LogP contribution in [0.1, 0.15) is 14.8 Å². The number of nitrogens with one attached hydrogen (secondary N) is 1. The van der Waals surface area contributed by atoms with Crippen LogP contribution in [0.15, 0.2) is 36.4 Å². The first-order valence-electron chi connectivity index (χ1n) is 5.81. The van der Waals surface area contributed by atoms with Gasteiger partial charge in [-0.15, -0.1) is 0 Å². The fourth-order valence-corrected chi connectivity index (χ4v) is 1.48. The lowest BCUT2D eigenvalue weighted by molar-refractivity contribution is 0.0472. The molecule has 1 unspecified atom stereocenters. The van der Waals surface area contributed by atoms with Crippen LogP contribution in [0.5, 0.6) is 0 Å². The molecule has 0 radical (unpaired) electrons. The van der Waals surface area contributed by atoms with Gasteiger partial charge in [0, 0.05) is 14.0 Å². The largest absolute Gasteiger partial charge is 0.492 e. The molecular weight excluding hydrogens is 221 g/mol. The van der Waals surface area contributed by atoms with E-state index in [0.29, 0.717) is 25.4 Å². The van der Waals surface area contributed by atoms with Gasteiger partial charge in [0.1, 0.15) is 18.2 Å². The standard InChI is InChI=1S/C13H20FNO2.H2/c1-4-10(2)13(7-11(3)14)17-9-12-8-16-6-5-15-12;/h7,12,15H,2-6,8-9H2,1H3;1H/b13-7+;. The smallest absolute Gasteiger partial charge is 0.124 e. The SMILES string of the molecule is C=C(F)/C=C(/OCC1COCCN1)C(=C)CC.[HH]. The minimum atomic E-state index is -0.526. The highest BCUT2D eigenvalue weighted by Gasteiger charge is 2.14. The van der Waals surface area contributed by atoms with E-state index >= 15 is 0 Å². The van der Waals surface area contributed by atoms with Gasteiger partial charge in [-0.2, -0.15) is 0 Å². The zero-order chi connectivity index (χ0) is 12.7. The summed E-state index contributed by atoms with van der Waals surface area (Å²) in [5, 5.41) is 3.26. The predicted octanol–water partition coefficient (Wildman–Crippen LogP) is 2.57. The molecule has 0 aromatic carbocycles. The fraction of sp³-hybridized carbons (Fsp3) is 0.538. The molecule has 1 N–H and O–H groups in total. The van der Waals surface area contributed by atoms with E-state index < -0.39 is 5.83 Å². The monoisotopic (exact) mass is 243 g/mol. The molecule has 3 nitrogen and oxygen atoms in total. The number of hydrogen-bond donors (Lipinski definition) is 1. The Morgan fingerprint density at radius 2 is 2.41 bits per heavy atom. The van der Waals surface area contributed by atoms with Crippen LogP contribution in [0.25, 0.3) is 0 Å². The normalized spacial score (nSPS) is 21.1. The Kier molecular flexibility index (Phi) is 5.94. The first-order chi connectivity index (χ1) is 8.13. The molecule has 1 fully saturated rings. The second kappa shape index (κ2) is 7.25. The maximum atomic E-state index is 12.8. The Labute approximate surface area is 103 Å². The quantitative estimate of drug-likeness (QED) is 0.574. The van der Waals surface area contributed by atoms with E-state index in [1.165, 1.54) is 6.08 Å². The fourth-order valence-electron chi connectivity index (χ4n) is 1.48. The summed E-state index contributed by atoms with van der Waals surface area (Å²) in [7, 11) is 0. The third kappa shape index (κ3) is 5.15. The van der Waals surface area contributed by atoms with Crippen molar-refractivity contribution in [3.8, 4) is 0 Å². The second-order valence-corrected chi connectivity index (χ2v) is 3.95. The summed E-state index contributed by atoms with van der Waals surface area (Å²) in [6.07, 6.45) is 1.99. The lowest BCUT2D eigenvalue weighted by Crippen LogP contribution is -2.44. The average molecular weight is 243 g/mol. The number of halogens is 1. The molecule has 1 saturated heterocycles. The molecule has 0 saturated carbocycles. The van der Waals surface area contributed by atoms with Gasteiger partial charge in [0.25, 0.3) is 0 Å². The van der Waals surface area contributed by atoms with Gasteiger partial charge < -0.3 is 14.8 Å². The summed E-state index contributed by atoms with van der Waals surface area (Å²) in [5.41, 5.74) is 0.764. The van der Waals surface area contributed by atoms with Crippen molar-refractivity contribution >= 4 is 0 Å². The maximum absolute atomic E-state index is 12.8. The van der Waals surface area contributed by atoms with Crippen molar-refractivity contribution < 1.29 is 15.3 Å². The molecule has 1 heterocycles. The summed E-state index contributed by atoms with van der Waals surface area (Å²) >= 11 is 0. The van der Waals surface area contributed by atoms with Crippen LogP contribution in [-0.4, -0.2) is 32.4 Å². The number of allylic oxidation sites excluding steroid dienone is 3. The molecule has 1 atom stereocenters. The summed E-state index contributed by atoms with van der Waals surface area (Å²) in [4.78, 5) is 0. The lowest BCUT2D eigenvalue weighted by atomic mass is 10.2. The van der Waals surface area contributed by atoms with E-state index in [2.05, 4.69) is 18.5 Å². The molecule has 0 spiro atoms. The van der Waals surface area contributed by atoms with E-state index in [4.69, 9.17) is 9.47 Å². The van der Waals surface area contributed by atoms with Crippen LogP contribution in [0.2, 0.25) is 0 Å². The maximum Gasteiger partial charge on any atom is 0.124 e. The van der Waals surface area contributed by atoms with Gasteiger partial charge in [0.2, 0.25) is 0 Å². The summed E-state index contributed by atoms with van der Waals surface area (Å²) in [6.45, 7) is 11.6. The highest BCUT2D eigenvalue weighted by molar-refractivity contribution is 5.27. The molecule has 0 aromatic rings. The van der Waals surface area contributed by atoms with Crippen LogP contribution in [0.3, 0.4) is 0 Å². The first kappa shape index (κ1) is 13.9. The third-order valence-corrected chi connectivity index (χ3v) is 2.50. The topological polar surface area (TPSA) is 30.5 Å². The third-order valence-electron chi connectivity index (χ3n) is 2.50.